The first kappa shape index (κ1) is 22.6. The van der Waals surface area contributed by atoms with Gasteiger partial charge in [0.1, 0.15) is 5.01 Å². The highest BCUT2D eigenvalue weighted by Gasteiger charge is 2.15. The Morgan fingerprint density at radius 2 is 1.81 bits per heavy atom. The van der Waals surface area contributed by atoms with Gasteiger partial charge < -0.3 is 14.8 Å². The number of hydrogen-bond donors (Lipinski definition) is 2. The summed E-state index contributed by atoms with van der Waals surface area (Å²) in [6, 6.07) is 12.3. The van der Waals surface area contributed by atoms with Gasteiger partial charge in [-0.1, -0.05) is 30.4 Å². The van der Waals surface area contributed by atoms with E-state index in [0.717, 1.165) is 11.4 Å². The smallest absolute Gasteiger partial charge is 0.258 e. The fraction of sp³-hybridized carbons (Fsp3) is 0.238. The van der Waals surface area contributed by atoms with E-state index in [-0.39, 0.29) is 17.6 Å². The van der Waals surface area contributed by atoms with Gasteiger partial charge in [0.25, 0.3) is 5.91 Å². The van der Waals surface area contributed by atoms with Crippen molar-refractivity contribution in [1.82, 2.24) is 10.2 Å². The molecule has 3 aromatic rings. The van der Waals surface area contributed by atoms with Crippen molar-refractivity contribution in [3.63, 3.8) is 0 Å². The van der Waals surface area contributed by atoms with Crippen LogP contribution in [0.5, 0.6) is 11.5 Å². The molecule has 0 spiro atoms. The minimum Gasteiger partial charge on any atom is -0.493 e. The van der Waals surface area contributed by atoms with Gasteiger partial charge in [-0.2, -0.15) is 0 Å². The average molecular weight is 459 g/mol. The molecule has 0 aliphatic heterocycles. The van der Waals surface area contributed by atoms with Crippen LogP contribution in [0.3, 0.4) is 0 Å². The predicted molar refractivity (Wildman–Crippen MR) is 123 cm³/mol. The third kappa shape index (κ3) is 5.96. The summed E-state index contributed by atoms with van der Waals surface area (Å²) >= 11 is 2.62. The van der Waals surface area contributed by atoms with Gasteiger partial charge in [-0.25, -0.2) is 0 Å². The Hall–Kier alpha value is -3.11. The number of carbonyl (C=O) groups is 2. The minimum absolute atomic E-state index is 0.136. The molecule has 31 heavy (non-hydrogen) atoms. The molecular weight excluding hydrogens is 436 g/mol. The number of ether oxygens (including phenoxy) is 2. The molecule has 0 unspecified atom stereocenters. The second-order valence-corrected chi connectivity index (χ2v) is 8.29. The summed E-state index contributed by atoms with van der Waals surface area (Å²) in [6.07, 6.45) is 0.759. The third-order valence-electron chi connectivity index (χ3n) is 4.15. The van der Waals surface area contributed by atoms with Gasteiger partial charge in [0.05, 0.1) is 25.5 Å². The molecule has 8 nitrogen and oxygen atoms in total. The number of aromatic nitrogens is 2. The summed E-state index contributed by atoms with van der Waals surface area (Å²) in [5.41, 5.74) is 1.07. The summed E-state index contributed by atoms with van der Waals surface area (Å²) in [7, 11) is 3.08. The molecule has 0 atom stereocenters. The van der Waals surface area contributed by atoms with Crippen LogP contribution in [0, 0.1) is 0 Å². The SMILES string of the molecule is CCc1nnc(NC(=O)c2ccccc2SCC(=O)Nc2ccc(OC)c(OC)c2)s1. The molecule has 0 aliphatic carbocycles. The highest BCUT2D eigenvalue weighted by molar-refractivity contribution is 8.00. The molecule has 0 saturated heterocycles. The first-order valence-corrected chi connectivity index (χ1v) is 11.2. The number of rotatable bonds is 9. The molecule has 0 fully saturated rings. The van der Waals surface area contributed by atoms with Crippen molar-refractivity contribution >= 4 is 45.7 Å². The maximum Gasteiger partial charge on any atom is 0.258 e. The average Bonchev–Trinajstić information content (AvgIpc) is 3.25. The van der Waals surface area contributed by atoms with Gasteiger partial charge in [0.2, 0.25) is 11.0 Å². The number of nitrogens with one attached hydrogen (secondary N) is 2. The van der Waals surface area contributed by atoms with E-state index >= 15 is 0 Å². The van der Waals surface area contributed by atoms with Gasteiger partial charge in [0, 0.05) is 16.6 Å². The summed E-state index contributed by atoms with van der Waals surface area (Å²) < 4.78 is 10.5. The molecular formula is C21H22N4O4S2. The van der Waals surface area contributed by atoms with Crippen molar-refractivity contribution in [2.24, 2.45) is 0 Å². The minimum atomic E-state index is -0.290. The molecule has 162 valence electrons. The van der Waals surface area contributed by atoms with Crippen LogP contribution < -0.4 is 20.1 Å². The lowest BCUT2D eigenvalue weighted by molar-refractivity contribution is -0.113. The summed E-state index contributed by atoms with van der Waals surface area (Å²) in [6.45, 7) is 1.98. The molecule has 0 aliphatic rings. The van der Waals surface area contributed by atoms with Crippen molar-refractivity contribution < 1.29 is 19.1 Å². The number of carbonyl (C=O) groups excluding carboxylic acids is 2. The van der Waals surface area contributed by atoms with Gasteiger partial charge in [0.15, 0.2) is 11.5 Å². The van der Waals surface area contributed by atoms with Crippen molar-refractivity contribution in [3.05, 3.63) is 53.0 Å². The monoisotopic (exact) mass is 458 g/mol. The highest BCUT2D eigenvalue weighted by atomic mass is 32.2. The highest BCUT2D eigenvalue weighted by Crippen LogP contribution is 2.30. The molecule has 1 heterocycles. The number of thioether (sulfide) groups is 1. The first-order chi connectivity index (χ1) is 15.0. The molecule has 3 rings (SSSR count). The van der Waals surface area contributed by atoms with E-state index in [9.17, 15) is 9.59 Å². The second kappa shape index (κ2) is 10.8. The zero-order chi connectivity index (χ0) is 22.2. The lowest BCUT2D eigenvalue weighted by Gasteiger charge is -2.11. The summed E-state index contributed by atoms with van der Waals surface area (Å²) in [5, 5.41) is 14.9. The van der Waals surface area contributed by atoms with Gasteiger partial charge in [-0.15, -0.1) is 22.0 Å². The van der Waals surface area contributed by atoms with Gasteiger partial charge in [-0.05, 0) is 30.7 Å². The van der Waals surface area contributed by atoms with E-state index in [1.807, 2.05) is 13.0 Å². The van der Waals surface area contributed by atoms with E-state index in [1.165, 1.54) is 30.2 Å². The van der Waals surface area contributed by atoms with E-state index in [4.69, 9.17) is 9.47 Å². The molecule has 0 bridgehead atoms. The topological polar surface area (TPSA) is 102 Å². The van der Waals surface area contributed by atoms with E-state index in [2.05, 4.69) is 20.8 Å². The van der Waals surface area contributed by atoms with Gasteiger partial charge in [-0.3, -0.25) is 14.9 Å². The maximum atomic E-state index is 12.7. The quantitative estimate of drug-likeness (QED) is 0.465. The fourth-order valence-corrected chi connectivity index (χ4v) is 4.17. The van der Waals surface area contributed by atoms with Crippen LogP contribution in [0.1, 0.15) is 22.3 Å². The van der Waals surface area contributed by atoms with E-state index < -0.39 is 0 Å². The number of aryl methyl sites for hydroxylation is 1. The number of nitrogens with zero attached hydrogens (tertiary/aromatic N) is 2. The molecule has 0 radical (unpaired) electrons. The third-order valence-corrected chi connectivity index (χ3v) is 6.20. The summed E-state index contributed by atoms with van der Waals surface area (Å²) in [5.74, 6) is 0.748. The van der Waals surface area contributed by atoms with Crippen LogP contribution in [0.2, 0.25) is 0 Å². The largest absolute Gasteiger partial charge is 0.493 e. The van der Waals surface area contributed by atoms with Crippen LogP contribution in [0.25, 0.3) is 0 Å². The molecule has 0 saturated carbocycles. The molecule has 2 aromatic carbocycles. The lowest BCUT2D eigenvalue weighted by Crippen LogP contribution is -2.16. The fourth-order valence-electron chi connectivity index (χ4n) is 2.65. The summed E-state index contributed by atoms with van der Waals surface area (Å²) in [4.78, 5) is 25.8. The number of amides is 2. The first-order valence-electron chi connectivity index (χ1n) is 9.41. The predicted octanol–water partition coefficient (Wildman–Crippen LogP) is 4.10. The van der Waals surface area contributed by atoms with Crippen molar-refractivity contribution in [2.75, 3.05) is 30.6 Å². The van der Waals surface area contributed by atoms with Crippen LogP contribution in [0.4, 0.5) is 10.8 Å². The van der Waals surface area contributed by atoms with Crippen molar-refractivity contribution in [2.45, 2.75) is 18.2 Å². The Morgan fingerprint density at radius 1 is 1.03 bits per heavy atom. The Kier molecular flexibility index (Phi) is 7.85. The lowest BCUT2D eigenvalue weighted by atomic mass is 10.2. The number of benzene rings is 2. The Morgan fingerprint density at radius 3 is 2.52 bits per heavy atom. The molecule has 10 heteroatoms. The van der Waals surface area contributed by atoms with Crippen LogP contribution in [-0.2, 0) is 11.2 Å². The Labute approximate surface area is 188 Å². The second-order valence-electron chi connectivity index (χ2n) is 6.21. The Balaban J connectivity index is 1.63. The number of methoxy groups -OCH3 is 2. The van der Waals surface area contributed by atoms with Crippen LogP contribution >= 0.6 is 23.1 Å². The maximum absolute atomic E-state index is 12.7. The zero-order valence-electron chi connectivity index (χ0n) is 17.3. The molecule has 2 amide bonds. The van der Waals surface area contributed by atoms with Crippen LogP contribution in [0.15, 0.2) is 47.4 Å². The van der Waals surface area contributed by atoms with Gasteiger partial charge >= 0.3 is 0 Å². The Bertz CT molecular complexity index is 1070. The van der Waals surface area contributed by atoms with E-state index in [0.29, 0.717) is 32.8 Å². The molecule has 1 aromatic heterocycles. The molecule has 2 N–H and O–H groups in total. The zero-order valence-corrected chi connectivity index (χ0v) is 18.9. The number of anilines is 2. The normalized spacial score (nSPS) is 10.4. The standard InChI is InChI=1S/C21H22N4O4S2/c1-4-19-24-25-21(31-19)23-20(27)14-7-5-6-8-17(14)30-12-18(26)22-13-9-10-15(28-2)16(11-13)29-3/h5-11H,4,12H2,1-3H3,(H,22,26)(H,23,25,27). The van der Waals surface area contributed by atoms with Crippen LogP contribution in [-0.4, -0.2) is 42.0 Å². The van der Waals surface area contributed by atoms with E-state index in [1.54, 1.807) is 43.5 Å². The van der Waals surface area contributed by atoms with Crippen molar-refractivity contribution in [1.29, 1.82) is 0 Å². The number of hydrogen-bond acceptors (Lipinski definition) is 8. The van der Waals surface area contributed by atoms with Crippen molar-refractivity contribution in [3.8, 4) is 11.5 Å².